The predicted molar refractivity (Wildman–Crippen MR) is 229 cm³/mol. The monoisotopic (exact) mass is 718 g/mol. The Kier molecular flexibility index (Phi) is 6.53. The topological polar surface area (TPSA) is 35.6 Å². The van der Waals surface area contributed by atoms with Gasteiger partial charge in [0.05, 0.1) is 27.9 Å². The van der Waals surface area contributed by atoms with E-state index in [4.69, 9.17) is 9.97 Å². The second kappa shape index (κ2) is 11.8. The molecule has 55 heavy (non-hydrogen) atoms. The highest BCUT2D eigenvalue weighted by Gasteiger charge is 2.29. The normalized spacial score (nSPS) is 12.3. The first-order chi connectivity index (χ1) is 27.3. The molecular formula is C50H30N4S. The van der Waals surface area contributed by atoms with Gasteiger partial charge in [0.15, 0.2) is 0 Å². The van der Waals surface area contributed by atoms with Gasteiger partial charge >= 0.3 is 0 Å². The lowest BCUT2D eigenvalue weighted by atomic mass is 9.93. The van der Waals surface area contributed by atoms with Gasteiger partial charge in [-0.2, -0.15) is 0 Å². The lowest BCUT2D eigenvalue weighted by Gasteiger charge is -2.21. The molecule has 1 aliphatic rings. The van der Waals surface area contributed by atoms with Crippen LogP contribution < -0.4 is 0 Å². The Hall–Kier alpha value is -6.95. The summed E-state index contributed by atoms with van der Waals surface area (Å²) in [5, 5.41) is 6.90. The zero-order valence-electron chi connectivity index (χ0n) is 29.5. The molecule has 0 radical (unpaired) electrons. The summed E-state index contributed by atoms with van der Waals surface area (Å²) in [5.74, 6) is 0.646. The molecule has 8 aromatic carbocycles. The molecule has 0 saturated carbocycles. The molecule has 256 valence electrons. The van der Waals surface area contributed by atoms with Crippen LogP contribution in [0.1, 0.15) is 0 Å². The summed E-state index contributed by atoms with van der Waals surface area (Å²) in [6.45, 7) is 0. The summed E-state index contributed by atoms with van der Waals surface area (Å²) >= 11 is 1.84. The number of nitrogens with zero attached hydrogens (tertiary/aromatic N) is 4. The van der Waals surface area contributed by atoms with Crippen LogP contribution in [-0.2, 0) is 0 Å². The molecule has 1 aliphatic heterocycles. The van der Waals surface area contributed by atoms with E-state index in [1.807, 2.05) is 11.8 Å². The van der Waals surface area contributed by atoms with Crippen molar-refractivity contribution in [2.24, 2.45) is 0 Å². The van der Waals surface area contributed by atoms with Crippen molar-refractivity contribution in [1.82, 2.24) is 19.1 Å². The van der Waals surface area contributed by atoms with Gasteiger partial charge in [-0.05, 0) is 76.2 Å². The molecule has 4 heterocycles. The van der Waals surface area contributed by atoms with Crippen LogP contribution in [0.2, 0.25) is 0 Å². The molecule has 0 spiro atoms. The minimum atomic E-state index is 0.646. The quantitative estimate of drug-likeness (QED) is 0.170. The Balaban J connectivity index is 1.24. The molecule has 0 atom stereocenters. The van der Waals surface area contributed by atoms with E-state index in [0.29, 0.717) is 5.95 Å². The number of rotatable bonds is 4. The Bertz CT molecular complexity index is 3280. The van der Waals surface area contributed by atoms with Crippen LogP contribution in [0.3, 0.4) is 0 Å². The Labute approximate surface area is 321 Å². The Morgan fingerprint density at radius 1 is 0.418 bits per heavy atom. The average Bonchev–Trinajstić information content (AvgIpc) is 3.78. The van der Waals surface area contributed by atoms with E-state index < -0.39 is 0 Å². The molecule has 0 amide bonds. The van der Waals surface area contributed by atoms with E-state index in [0.717, 1.165) is 66.4 Å². The summed E-state index contributed by atoms with van der Waals surface area (Å²) in [7, 11) is 0. The van der Waals surface area contributed by atoms with Crippen molar-refractivity contribution in [3.8, 4) is 45.1 Å². The smallest absolute Gasteiger partial charge is 0.237 e. The number of benzene rings is 8. The molecule has 12 rings (SSSR count). The molecule has 5 heteroatoms. The zero-order valence-corrected chi connectivity index (χ0v) is 30.3. The largest absolute Gasteiger partial charge is 0.293 e. The third kappa shape index (κ3) is 4.54. The van der Waals surface area contributed by atoms with E-state index >= 15 is 0 Å². The minimum absolute atomic E-state index is 0.646. The van der Waals surface area contributed by atoms with Gasteiger partial charge < -0.3 is 0 Å². The Morgan fingerprint density at radius 2 is 1.05 bits per heavy atom. The van der Waals surface area contributed by atoms with Crippen molar-refractivity contribution >= 4 is 66.3 Å². The highest BCUT2D eigenvalue weighted by atomic mass is 32.2. The molecule has 0 bridgehead atoms. The van der Waals surface area contributed by atoms with Crippen molar-refractivity contribution in [2.75, 3.05) is 0 Å². The van der Waals surface area contributed by atoms with Crippen molar-refractivity contribution in [2.45, 2.75) is 9.79 Å². The fraction of sp³-hybridized carbons (Fsp3) is 0. The molecule has 0 fully saturated rings. The first-order valence-electron chi connectivity index (χ1n) is 18.6. The number of hydrogen-bond acceptors (Lipinski definition) is 3. The lowest BCUT2D eigenvalue weighted by molar-refractivity contribution is 0.964. The maximum atomic E-state index is 5.67. The van der Waals surface area contributed by atoms with Crippen LogP contribution in [-0.4, -0.2) is 19.1 Å². The fourth-order valence-corrected chi connectivity index (χ4v) is 9.75. The summed E-state index contributed by atoms with van der Waals surface area (Å²) in [5.41, 5.74) is 12.0. The molecule has 11 aromatic rings. The van der Waals surface area contributed by atoms with Crippen LogP contribution >= 0.6 is 11.8 Å². The predicted octanol–water partition coefficient (Wildman–Crippen LogP) is 13.3. The highest BCUT2D eigenvalue weighted by Crippen LogP contribution is 2.49. The van der Waals surface area contributed by atoms with Crippen molar-refractivity contribution in [1.29, 1.82) is 0 Å². The van der Waals surface area contributed by atoms with Gasteiger partial charge in [-0.3, -0.25) is 9.13 Å². The molecule has 3 aromatic heterocycles. The van der Waals surface area contributed by atoms with Gasteiger partial charge in [0.25, 0.3) is 0 Å². The fourth-order valence-electron chi connectivity index (χ4n) is 8.66. The highest BCUT2D eigenvalue weighted by molar-refractivity contribution is 7.99. The summed E-state index contributed by atoms with van der Waals surface area (Å²) < 4.78 is 4.76. The SMILES string of the molecule is c1ccc(-c2cc(-c3ccccc3)cc(-c3nc(-n4c5ccccc5c5c6cccc7c6n(c54)-c4ccccc4S7)nc4c3ccc3ccccc34)c2)cc1. The number of aromatic nitrogens is 4. The van der Waals surface area contributed by atoms with Crippen LogP contribution in [0.5, 0.6) is 0 Å². The maximum absolute atomic E-state index is 5.67. The average molecular weight is 719 g/mol. The van der Waals surface area contributed by atoms with Crippen LogP contribution in [0.4, 0.5) is 0 Å². The van der Waals surface area contributed by atoms with Gasteiger partial charge in [0.2, 0.25) is 5.95 Å². The summed E-state index contributed by atoms with van der Waals surface area (Å²) in [4.78, 5) is 13.7. The van der Waals surface area contributed by atoms with E-state index in [2.05, 4.69) is 191 Å². The van der Waals surface area contributed by atoms with Gasteiger partial charge in [0.1, 0.15) is 5.65 Å². The number of fused-ring (bicyclic) bond motifs is 10. The number of para-hydroxylation sites is 3. The summed E-state index contributed by atoms with van der Waals surface area (Å²) in [6.07, 6.45) is 0. The van der Waals surface area contributed by atoms with Gasteiger partial charge in [-0.25, -0.2) is 9.97 Å². The third-order valence-electron chi connectivity index (χ3n) is 11.1. The molecule has 0 aliphatic carbocycles. The van der Waals surface area contributed by atoms with Crippen molar-refractivity contribution in [3.63, 3.8) is 0 Å². The van der Waals surface area contributed by atoms with Gasteiger partial charge in [0, 0.05) is 42.3 Å². The molecule has 4 nitrogen and oxygen atoms in total. The van der Waals surface area contributed by atoms with Crippen molar-refractivity contribution < 1.29 is 0 Å². The second-order valence-corrected chi connectivity index (χ2v) is 15.3. The summed E-state index contributed by atoms with van der Waals surface area (Å²) in [6, 6.07) is 65.3. The molecular weight excluding hydrogens is 689 g/mol. The standard InChI is InChI=1S/C50H30N4S/c1-3-14-31(15-4-1)34-28-35(32-16-5-2-6-17-32)30-36(29-34)46-40-27-26-33-18-7-8-19-37(33)47(40)52-50(51-46)54-41-22-10-9-20-38(41)45-39-21-13-25-44-48(39)53(49(45)54)42-23-11-12-24-43(42)55-44/h1-30H. The Morgan fingerprint density at radius 3 is 1.85 bits per heavy atom. The molecule has 0 unspecified atom stereocenters. The lowest BCUT2D eigenvalue weighted by Crippen LogP contribution is -2.08. The van der Waals surface area contributed by atoms with E-state index in [9.17, 15) is 0 Å². The third-order valence-corrected chi connectivity index (χ3v) is 12.2. The maximum Gasteiger partial charge on any atom is 0.237 e. The van der Waals surface area contributed by atoms with Crippen LogP contribution in [0.15, 0.2) is 192 Å². The van der Waals surface area contributed by atoms with E-state index in [-0.39, 0.29) is 0 Å². The second-order valence-electron chi connectivity index (χ2n) is 14.2. The van der Waals surface area contributed by atoms with Crippen LogP contribution in [0.25, 0.3) is 99.7 Å². The first kappa shape index (κ1) is 30.5. The van der Waals surface area contributed by atoms with E-state index in [1.165, 1.54) is 37.2 Å². The van der Waals surface area contributed by atoms with Crippen molar-refractivity contribution in [3.05, 3.63) is 182 Å². The van der Waals surface area contributed by atoms with Gasteiger partial charge in [-0.15, -0.1) is 0 Å². The molecule has 0 saturated heterocycles. The van der Waals surface area contributed by atoms with Gasteiger partial charge in [-0.1, -0.05) is 145 Å². The first-order valence-corrected chi connectivity index (χ1v) is 19.4. The zero-order chi connectivity index (χ0) is 36.0. The molecule has 0 N–H and O–H groups in total. The minimum Gasteiger partial charge on any atom is -0.293 e. The van der Waals surface area contributed by atoms with Crippen LogP contribution in [0, 0.1) is 0 Å². The van der Waals surface area contributed by atoms with E-state index in [1.54, 1.807) is 0 Å². The number of hydrogen-bond donors (Lipinski definition) is 0.